The number of rotatable bonds is 8. The molecule has 2 aromatic rings. The summed E-state index contributed by atoms with van der Waals surface area (Å²) in [5, 5.41) is 8.04. The number of nitrogens with zero attached hydrogens (tertiary/aromatic N) is 5. The van der Waals surface area contributed by atoms with Gasteiger partial charge in [-0.05, 0) is 6.92 Å². The molecule has 2 rings (SSSR count). The molecule has 2 aromatic heterocycles. The predicted octanol–water partition coefficient (Wildman–Crippen LogP) is 2.50. The van der Waals surface area contributed by atoms with Crippen molar-refractivity contribution in [3.63, 3.8) is 0 Å². The Balaban J connectivity index is 2.11. The molecule has 0 aliphatic rings. The Morgan fingerprint density at radius 3 is 2.41 bits per heavy atom. The first-order valence-electron chi connectivity index (χ1n) is 7.79. The molecular formula is C15H19F4N5O3. The molecule has 27 heavy (non-hydrogen) atoms. The standard InChI is InChI=1S/C15H19F4N5O3/c1-8(7-27-11-5-10(13(16)17)20-23(11)3)24(26-4)15(25)9-6-22(2)21-12(9)14(18)19/h5-6,8,13-14H,7H2,1-4H3. The molecule has 0 bridgehead atoms. The third-order valence-electron chi connectivity index (χ3n) is 3.64. The van der Waals surface area contributed by atoms with Crippen molar-refractivity contribution >= 4 is 5.91 Å². The van der Waals surface area contributed by atoms with E-state index < -0.39 is 36.2 Å². The summed E-state index contributed by atoms with van der Waals surface area (Å²) in [4.78, 5) is 17.6. The summed E-state index contributed by atoms with van der Waals surface area (Å²) in [5.41, 5.74) is -1.41. The monoisotopic (exact) mass is 393 g/mol. The zero-order valence-corrected chi connectivity index (χ0v) is 15.1. The van der Waals surface area contributed by atoms with Crippen molar-refractivity contribution in [1.82, 2.24) is 24.6 Å². The highest BCUT2D eigenvalue weighted by atomic mass is 19.3. The van der Waals surface area contributed by atoms with Gasteiger partial charge in [-0.25, -0.2) is 27.3 Å². The summed E-state index contributed by atoms with van der Waals surface area (Å²) >= 11 is 0. The summed E-state index contributed by atoms with van der Waals surface area (Å²) in [5.74, 6) is -0.759. The molecule has 8 nitrogen and oxygen atoms in total. The van der Waals surface area contributed by atoms with Gasteiger partial charge in [0.15, 0.2) is 0 Å². The molecule has 0 aromatic carbocycles. The van der Waals surface area contributed by atoms with Crippen LogP contribution in [-0.4, -0.2) is 50.3 Å². The minimum Gasteiger partial charge on any atom is -0.476 e. The number of amides is 1. The fraction of sp³-hybridized carbons (Fsp3) is 0.533. The van der Waals surface area contributed by atoms with Crippen LogP contribution in [0.3, 0.4) is 0 Å². The Kier molecular flexibility index (Phi) is 6.41. The lowest BCUT2D eigenvalue weighted by Crippen LogP contribution is -2.41. The number of carbonyl (C=O) groups is 1. The molecule has 1 atom stereocenters. The predicted molar refractivity (Wildman–Crippen MR) is 84.5 cm³/mol. The lowest BCUT2D eigenvalue weighted by Gasteiger charge is -2.26. The molecule has 0 aliphatic carbocycles. The Morgan fingerprint density at radius 2 is 1.89 bits per heavy atom. The molecule has 1 unspecified atom stereocenters. The third-order valence-corrected chi connectivity index (χ3v) is 3.64. The van der Waals surface area contributed by atoms with Gasteiger partial charge in [-0.15, -0.1) is 0 Å². The van der Waals surface area contributed by atoms with Gasteiger partial charge in [0.25, 0.3) is 18.8 Å². The Hall–Kier alpha value is -2.63. The van der Waals surface area contributed by atoms with Crippen molar-refractivity contribution < 1.29 is 31.9 Å². The molecule has 2 heterocycles. The Morgan fingerprint density at radius 1 is 1.22 bits per heavy atom. The van der Waals surface area contributed by atoms with E-state index in [-0.39, 0.29) is 18.1 Å². The highest BCUT2D eigenvalue weighted by molar-refractivity contribution is 5.94. The average molecular weight is 393 g/mol. The molecule has 0 saturated heterocycles. The van der Waals surface area contributed by atoms with Gasteiger partial charge in [-0.3, -0.25) is 14.3 Å². The van der Waals surface area contributed by atoms with E-state index in [1.54, 1.807) is 6.92 Å². The van der Waals surface area contributed by atoms with Crippen LogP contribution in [0.2, 0.25) is 0 Å². The molecule has 0 spiro atoms. The van der Waals surface area contributed by atoms with Crippen molar-refractivity contribution in [3.8, 4) is 5.88 Å². The topological polar surface area (TPSA) is 74.4 Å². The van der Waals surface area contributed by atoms with E-state index in [4.69, 9.17) is 9.57 Å². The van der Waals surface area contributed by atoms with Crippen molar-refractivity contribution in [2.45, 2.75) is 25.8 Å². The summed E-state index contributed by atoms with van der Waals surface area (Å²) in [6.45, 7) is 1.40. The van der Waals surface area contributed by atoms with Crippen molar-refractivity contribution in [2.24, 2.45) is 14.1 Å². The van der Waals surface area contributed by atoms with E-state index in [9.17, 15) is 22.4 Å². The van der Waals surface area contributed by atoms with E-state index in [0.29, 0.717) is 0 Å². The highest BCUT2D eigenvalue weighted by Crippen LogP contribution is 2.24. The average Bonchev–Trinajstić information content (AvgIpc) is 3.16. The fourth-order valence-corrected chi connectivity index (χ4v) is 2.40. The van der Waals surface area contributed by atoms with Crippen LogP contribution in [0.4, 0.5) is 17.6 Å². The summed E-state index contributed by atoms with van der Waals surface area (Å²) in [6.07, 6.45) is -4.52. The van der Waals surface area contributed by atoms with Gasteiger partial charge in [-0.2, -0.15) is 10.2 Å². The van der Waals surface area contributed by atoms with E-state index in [1.165, 1.54) is 27.4 Å². The molecule has 12 heteroatoms. The summed E-state index contributed by atoms with van der Waals surface area (Å²) in [6, 6.07) is 0.352. The van der Waals surface area contributed by atoms with Crippen molar-refractivity contribution in [3.05, 3.63) is 29.2 Å². The lowest BCUT2D eigenvalue weighted by molar-refractivity contribution is -0.126. The molecule has 0 fully saturated rings. The third kappa shape index (κ3) is 4.56. The zero-order chi connectivity index (χ0) is 20.3. The summed E-state index contributed by atoms with van der Waals surface area (Å²) in [7, 11) is 4.04. The molecule has 150 valence electrons. The quantitative estimate of drug-likeness (QED) is 0.509. The minimum atomic E-state index is -2.93. The minimum absolute atomic E-state index is 0.0651. The lowest BCUT2D eigenvalue weighted by atomic mass is 10.2. The number of halogens is 4. The number of carbonyl (C=O) groups excluding carboxylic acids is 1. The van der Waals surface area contributed by atoms with Crippen molar-refractivity contribution in [1.29, 1.82) is 0 Å². The fourth-order valence-electron chi connectivity index (χ4n) is 2.40. The maximum atomic E-state index is 13.1. The van der Waals surface area contributed by atoms with Gasteiger partial charge in [0, 0.05) is 26.4 Å². The van der Waals surface area contributed by atoms with Crippen LogP contribution < -0.4 is 4.74 Å². The van der Waals surface area contributed by atoms with Crippen LogP contribution in [0.15, 0.2) is 12.3 Å². The number of alkyl halides is 4. The van der Waals surface area contributed by atoms with Crippen LogP contribution >= 0.6 is 0 Å². The highest BCUT2D eigenvalue weighted by Gasteiger charge is 2.30. The normalized spacial score (nSPS) is 12.7. The largest absolute Gasteiger partial charge is 0.476 e. The number of hydroxylamine groups is 2. The van der Waals surface area contributed by atoms with Gasteiger partial charge in [-0.1, -0.05) is 0 Å². The SMILES string of the molecule is CON(C(=O)c1cn(C)nc1C(F)F)C(C)COc1cc(C(F)F)nn1C. The van der Waals surface area contributed by atoms with Crippen LogP contribution in [0.5, 0.6) is 5.88 Å². The maximum absolute atomic E-state index is 13.1. The van der Waals surface area contributed by atoms with E-state index in [1.807, 2.05) is 0 Å². The molecule has 1 amide bonds. The van der Waals surface area contributed by atoms with E-state index >= 15 is 0 Å². The summed E-state index contributed by atoms with van der Waals surface area (Å²) < 4.78 is 59.1. The zero-order valence-electron chi connectivity index (χ0n) is 15.1. The van der Waals surface area contributed by atoms with Gasteiger partial charge in [0.2, 0.25) is 5.88 Å². The van der Waals surface area contributed by atoms with Crippen LogP contribution in [0.1, 0.15) is 41.5 Å². The number of hydrogen-bond acceptors (Lipinski definition) is 5. The second kappa shape index (κ2) is 8.37. The second-order valence-corrected chi connectivity index (χ2v) is 5.71. The Labute approximate surface area is 152 Å². The van der Waals surface area contributed by atoms with Crippen LogP contribution in [0, 0.1) is 0 Å². The second-order valence-electron chi connectivity index (χ2n) is 5.71. The van der Waals surface area contributed by atoms with Gasteiger partial charge in [0.1, 0.15) is 18.0 Å². The molecule has 0 aliphatic heterocycles. The molecular weight excluding hydrogens is 374 g/mol. The number of hydrogen-bond donors (Lipinski definition) is 0. The maximum Gasteiger partial charge on any atom is 0.282 e. The first-order chi connectivity index (χ1) is 12.6. The first-order valence-corrected chi connectivity index (χ1v) is 7.79. The number of aromatic nitrogens is 4. The van der Waals surface area contributed by atoms with E-state index in [2.05, 4.69) is 10.2 Å². The first kappa shape index (κ1) is 20.7. The van der Waals surface area contributed by atoms with Gasteiger partial charge in [0.05, 0.1) is 18.7 Å². The van der Waals surface area contributed by atoms with Gasteiger partial charge < -0.3 is 4.74 Å². The smallest absolute Gasteiger partial charge is 0.282 e. The molecule has 0 radical (unpaired) electrons. The van der Waals surface area contributed by atoms with Crippen LogP contribution in [-0.2, 0) is 18.9 Å². The van der Waals surface area contributed by atoms with Gasteiger partial charge >= 0.3 is 0 Å². The van der Waals surface area contributed by atoms with E-state index in [0.717, 1.165) is 20.5 Å². The Bertz CT molecular complexity index is 793. The number of ether oxygens (including phenoxy) is 1. The molecule has 0 N–H and O–H groups in total. The van der Waals surface area contributed by atoms with Crippen LogP contribution in [0.25, 0.3) is 0 Å². The number of aryl methyl sites for hydroxylation is 2. The molecule has 0 saturated carbocycles. The van der Waals surface area contributed by atoms with Crippen molar-refractivity contribution in [2.75, 3.05) is 13.7 Å².